The van der Waals surface area contributed by atoms with Crippen molar-refractivity contribution in [2.45, 2.75) is 5.16 Å². The van der Waals surface area contributed by atoms with Gasteiger partial charge in [0.05, 0.1) is 7.11 Å². The van der Waals surface area contributed by atoms with Crippen molar-refractivity contribution >= 4 is 17.7 Å². The van der Waals surface area contributed by atoms with E-state index in [1.165, 1.54) is 18.0 Å². The molecule has 0 unspecified atom stereocenters. The van der Waals surface area contributed by atoms with Gasteiger partial charge in [-0.2, -0.15) is 0 Å². The Labute approximate surface area is 119 Å². The molecule has 0 aliphatic rings. The average molecular weight is 294 g/mol. The Kier molecular flexibility index (Phi) is 4.88. The van der Waals surface area contributed by atoms with Crippen LogP contribution >= 0.6 is 11.8 Å². The summed E-state index contributed by atoms with van der Waals surface area (Å²) in [6.07, 6.45) is 1.54. The molecule has 0 aliphatic heterocycles. The Hall–Kier alpha value is -2.16. The third kappa shape index (κ3) is 3.67. The lowest BCUT2D eigenvalue weighted by atomic mass is 10.3. The van der Waals surface area contributed by atoms with E-state index in [1.807, 2.05) is 0 Å². The number of tetrazole rings is 1. The number of rotatable bonds is 6. The first kappa shape index (κ1) is 14.3. The molecule has 8 nitrogen and oxygen atoms in total. The maximum absolute atomic E-state index is 11.9. The van der Waals surface area contributed by atoms with E-state index in [-0.39, 0.29) is 5.91 Å². The molecule has 0 aliphatic carbocycles. The fourth-order valence-corrected chi connectivity index (χ4v) is 2.11. The number of thioether (sulfide) groups is 1. The molecule has 0 fully saturated rings. The van der Waals surface area contributed by atoms with Gasteiger partial charge in [0, 0.05) is 31.6 Å². The van der Waals surface area contributed by atoms with E-state index in [9.17, 15) is 4.79 Å². The quantitative estimate of drug-likeness (QED) is 0.598. The highest BCUT2D eigenvalue weighted by Gasteiger charge is 2.08. The molecule has 1 amide bonds. The monoisotopic (exact) mass is 294 g/mol. The van der Waals surface area contributed by atoms with Crippen molar-refractivity contribution in [1.82, 2.24) is 30.5 Å². The van der Waals surface area contributed by atoms with Crippen LogP contribution in [0.25, 0.3) is 0 Å². The number of nitrogens with zero attached hydrogens (tertiary/aromatic N) is 5. The van der Waals surface area contributed by atoms with Gasteiger partial charge in [0.2, 0.25) is 5.16 Å². The van der Waals surface area contributed by atoms with Crippen LogP contribution in [0.1, 0.15) is 10.5 Å². The second-order valence-corrected chi connectivity index (χ2v) is 4.83. The predicted octanol–water partition coefficient (Wildman–Crippen LogP) is 0.136. The lowest BCUT2D eigenvalue weighted by Gasteiger charge is -2.05. The molecule has 2 heterocycles. The third-order valence-corrected chi connectivity index (χ3v) is 3.41. The van der Waals surface area contributed by atoms with Gasteiger partial charge in [-0.1, -0.05) is 11.8 Å². The molecule has 0 aromatic carbocycles. The number of hydrogen-bond donors (Lipinski definition) is 1. The van der Waals surface area contributed by atoms with Gasteiger partial charge >= 0.3 is 0 Å². The fraction of sp³-hybridized carbons (Fsp3) is 0.364. The van der Waals surface area contributed by atoms with Crippen LogP contribution in [0.3, 0.4) is 0 Å². The van der Waals surface area contributed by atoms with Crippen molar-refractivity contribution in [3.63, 3.8) is 0 Å². The summed E-state index contributed by atoms with van der Waals surface area (Å²) in [6, 6.07) is 3.28. The largest absolute Gasteiger partial charge is 0.497 e. The minimum Gasteiger partial charge on any atom is -0.497 e. The van der Waals surface area contributed by atoms with E-state index < -0.39 is 0 Å². The van der Waals surface area contributed by atoms with Gasteiger partial charge in [-0.25, -0.2) is 4.68 Å². The number of hydrogen-bond acceptors (Lipinski definition) is 7. The van der Waals surface area contributed by atoms with Crippen molar-refractivity contribution in [2.75, 3.05) is 19.4 Å². The summed E-state index contributed by atoms with van der Waals surface area (Å²) >= 11 is 1.47. The number of ether oxygens (including phenoxy) is 1. The summed E-state index contributed by atoms with van der Waals surface area (Å²) < 4.78 is 6.62. The molecular formula is C11H14N6O2S. The number of carbonyl (C=O) groups is 1. The standard InChI is InChI=1S/C11H14N6O2S/c1-17-11(14-15-16-17)20-6-5-13-10(18)9-7-8(19-2)3-4-12-9/h3-4,7H,5-6H2,1-2H3,(H,13,18). The average Bonchev–Trinajstić information content (AvgIpc) is 2.89. The Bertz CT molecular complexity index is 588. The summed E-state index contributed by atoms with van der Waals surface area (Å²) in [5.74, 6) is 1.04. The molecule has 0 spiro atoms. The van der Waals surface area contributed by atoms with E-state index in [4.69, 9.17) is 4.74 Å². The normalized spacial score (nSPS) is 10.3. The van der Waals surface area contributed by atoms with Crippen LogP contribution in [0.5, 0.6) is 5.75 Å². The summed E-state index contributed by atoms with van der Waals surface area (Å²) in [6.45, 7) is 0.495. The topological polar surface area (TPSA) is 94.8 Å². The van der Waals surface area contributed by atoms with E-state index in [0.29, 0.717) is 28.9 Å². The molecule has 2 aromatic heterocycles. The number of aryl methyl sites for hydroxylation is 1. The fourth-order valence-electron chi connectivity index (χ4n) is 1.40. The molecular weight excluding hydrogens is 280 g/mol. The van der Waals surface area contributed by atoms with Crippen molar-refractivity contribution in [1.29, 1.82) is 0 Å². The zero-order valence-electron chi connectivity index (χ0n) is 11.1. The Morgan fingerprint density at radius 3 is 3.10 bits per heavy atom. The van der Waals surface area contributed by atoms with Gasteiger partial charge in [0.1, 0.15) is 11.4 Å². The first-order chi connectivity index (χ1) is 9.70. The van der Waals surface area contributed by atoms with Crippen molar-refractivity contribution in [3.05, 3.63) is 24.0 Å². The number of pyridine rings is 1. The first-order valence-electron chi connectivity index (χ1n) is 5.84. The lowest BCUT2D eigenvalue weighted by Crippen LogP contribution is -2.26. The first-order valence-corrected chi connectivity index (χ1v) is 6.82. The number of amides is 1. The highest BCUT2D eigenvalue weighted by atomic mass is 32.2. The van der Waals surface area contributed by atoms with Crippen LogP contribution in [0.4, 0.5) is 0 Å². The van der Waals surface area contributed by atoms with E-state index >= 15 is 0 Å². The van der Waals surface area contributed by atoms with Crippen LogP contribution < -0.4 is 10.1 Å². The van der Waals surface area contributed by atoms with Gasteiger partial charge < -0.3 is 10.1 Å². The Balaban J connectivity index is 1.79. The molecule has 2 rings (SSSR count). The van der Waals surface area contributed by atoms with Gasteiger partial charge in [-0.05, 0) is 16.5 Å². The van der Waals surface area contributed by atoms with Gasteiger partial charge in [-0.15, -0.1) is 5.10 Å². The van der Waals surface area contributed by atoms with Gasteiger partial charge in [0.15, 0.2) is 0 Å². The van der Waals surface area contributed by atoms with Crippen LogP contribution in [-0.4, -0.2) is 50.5 Å². The van der Waals surface area contributed by atoms with E-state index in [2.05, 4.69) is 25.8 Å². The maximum atomic E-state index is 11.9. The Morgan fingerprint density at radius 1 is 1.55 bits per heavy atom. The molecule has 20 heavy (non-hydrogen) atoms. The van der Waals surface area contributed by atoms with Gasteiger partial charge in [0.25, 0.3) is 5.91 Å². The van der Waals surface area contributed by atoms with Crippen molar-refractivity contribution in [3.8, 4) is 5.75 Å². The van der Waals surface area contributed by atoms with Crippen molar-refractivity contribution in [2.24, 2.45) is 7.05 Å². The molecule has 0 bridgehead atoms. The maximum Gasteiger partial charge on any atom is 0.270 e. The smallest absolute Gasteiger partial charge is 0.270 e. The number of methoxy groups -OCH3 is 1. The second-order valence-electron chi connectivity index (χ2n) is 3.77. The third-order valence-electron chi connectivity index (χ3n) is 2.40. The number of aromatic nitrogens is 5. The second kappa shape index (κ2) is 6.85. The highest BCUT2D eigenvalue weighted by Crippen LogP contribution is 2.11. The minimum absolute atomic E-state index is 0.236. The summed E-state index contributed by atoms with van der Waals surface area (Å²) in [5.41, 5.74) is 0.328. The zero-order chi connectivity index (χ0) is 14.4. The molecule has 0 radical (unpaired) electrons. The van der Waals surface area contributed by atoms with Gasteiger partial charge in [-0.3, -0.25) is 9.78 Å². The van der Waals surface area contributed by atoms with Crippen LogP contribution in [0.15, 0.2) is 23.5 Å². The van der Waals surface area contributed by atoms with E-state index in [1.54, 1.807) is 31.0 Å². The summed E-state index contributed by atoms with van der Waals surface area (Å²) in [7, 11) is 3.31. The molecule has 0 saturated carbocycles. The van der Waals surface area contributed by atoms with Crippen LogP contribution in [0, 0.1) is 0 Å². The molecule has 106 valence electrons. The zero-order valence-corrected chi connectivity index (χ0v) is 11.9. The number of carbonyl (C=O) groups excluding carboxylic acids is 1. The SMILES string of the molecule is COc1ccnc(C(=O)NCCSc2nnnn2C)c1. The lowest BCUT2D eigenvalue weighted by molar-refractivity contribution is 0.0951. The highest BCUT2D eigenvalue weighted by molar-refractivity contribution is 7.99. The molecule has 2 aromatic rings. The van der Waals surface area contributed by atoms with Crippen LogP contribution in [-0.2, 0) is 7.05 Å². The summed E-state index contributed by atoms with van der Waals surface area (Å²) in [5, 5.41) is 14.6. The minimum atomic E-state index is -0.236. The molecule has 0 saturated heterocycles. The number of nitrogens with one attached hydrogen (secondary N) is 1. The molecule has 0 atom stereocenters. The Morgan fingerprint density at radius 2 is 2.40 bits per heavy atom. The molecule has 1 N–H and O–H groups in total. The van der Waals surface area contributed by atoms with E-state index in [0.717, 1.165) is 0 Å². The summed E-state index contributed by atoms with van der Waals surface area (Å²) in [4.78, 5) is 15.9. The predicted molar refractivity (Wildman–Crippen MR) is 72.6 cm³/mol. The molecule has 9 heteroatoms. The van der Waals surface area contributed by atoms with Crippen molar-refractivity contribution < 1.29 is 9.53 Å². The van der Waals surface area contributed by atoms with Crippen LogP contribution in [0.2, 0.25) is 0 Å².